The van der Waals surface area contributed by atoms with Crippen molar-refractivity contribution in [3.8, 4) is 0 Å². The molecule has 0 aromatic heterocycles. The molecular formula is C11H12BrFO2. The molecule has 82 valence electrons. The highest BCUT2D eigenvalue weighted by molar-refractivity contribution is 9.10. The second kappa shape index (κ2) is 4.41. The van der Waals surface area contributed by atoms with Gasteiger partial charge >= 0.3 is 0 Å². The maximum absolute atomic E-state index is 13.6. The number of carbonyl (C=O) groups is 1. The highest BCUT2D eigenvalue weighted by Crippen LogP contribution is 2.23. The highest BCUT2D eigenvalue weighted by atomic mass is 79.9. The van der Waals surface area contributed by atoms with Gasteiger partial charge in [0.25, 0.3) is 0 Å². The third-order valence-electron chi connectivity index (χ3n) is 2.25. The van der Waals surface area contributed by atoms with Crippen molar-refractivity contribution < 1.29 is 13.9 Å². The number of carbonyl (C=O) groups excluding carboxylic acids is 1. The highest BCUT2D eigenvalue weighted by Gasteiger charge is 2.30. The van der Waals surface area contributed by atoms with Gasteiger partial charge in [0.05, 0.1) is 10.0 Å². The van der Waals surface area contributed by atoms with E-state index in [1.54, 1.807) is 26.0 Å². The molecule has 4 heteroatoms. The minimum atomic E-state index is -1.01. The Morgan fingerprint density at radius 2 is 2.07 bits per heavy atom. The molecule has 0 aliphatic heterocycles. The van der Waals surface area contributed by atoms with E-state index in [-0.39, 0.29) is 15.8 Å². The summed E-state index contributed by atoms with van der Waals surface area (Å²) in [7, 11) is 1.42. The molecule has 1 aromatic carbocycles. The zero-order valence-corrected chi connectivity index (χ0v) is 10.4. The molecule has 0 bridgehead atoms. The lowest BCUT2D eigenvalue weighted by Crippen LogP contribution is -2.34. The van der Waals surface area contributed by atoms with E-state index in [9.17, 15) is 9.18 Å². The van der Waals surface area contributed by atoms with E-state index in [2.05, 4.69) is 15.9 Å². The van der Waals surface area contributed by atoms with E-state index in [1.165, 1.54) is 13.2 Å². The normalized spacial score (nSPS) is 11.5. The maximum Gasteiger partial charge on any atom is 0.197 e. The van der Waals surface area contributed by atoms with Crippen molar-refractivity contribution in [2.75, 3.05) is 7.11 Å². The molecule has 0 radical (unpaired) electrons. The fourth-order valence-corrected chi connectivity index (χ4v) is 1.46. The molecule has 0 atom stereocenters. The topological polar surface area (TPSA) is 26.3 Å². The van der Waals surface area contributed by atoms with Crippen molar-refractivity contribution in [3.63, 3.8) is 0 Å². The summed E-state index contributed by atoms with van der Waals surface area (Å²) in [5.41, 5.74) is -0.974. The summed E-state index contributed by atoms with van der Waals surface area (Å²) in [6.07, 6.45) is 0. The first kappa shape index (κ1) is 12.3. The minimum absolute atomic E-state index is 0.0382. The molecule has 1 aromatic rings. The molecule has 0 heterocycles. The van der Waals surface area contributed by atoms with E-state index in [1.807, 2.05) is 0 Å². The van der Waals surface area contributed by atoms with E-state index >= 15 is 0 Å². The Morgan fingerprint density at radius 1 is 1.47 bits per heavy atom. The lowest BCUT2D eigenvalue weighted by atomic mass is 9.96. The quantitative estimate of drug-likeness (QED) is 0.792. The third kappa shape index (κ3) is 2.44. The lowest BCUT2D eigenvalue weighted by Gasteiger charge is -2.21. The van der Waals surface area contributed by atoms with Gasteiger partial charge in [0, 0.05) is 7.11 Å². The molecule has 0 aliphatic carbocycles. The van der Waals surface area contributed by atoms with Crippen molar-refractivity contribution in [2.45, 2.75) is 19.4 Å². The Balaban J connectivity index is 3.18. The average Bonchev–Trinajstić information content (AvgIpc) is 2.21. The first-order chi connectivity index (χ1) is 6.90. The SMILES string of the molecule is COC(C)(C)C(=O)c1cccc(Br)c1F. The van der Waals surface area contributed by atoms with Crippen LogP contribution in [0, 0.1) is 5.82 Å². The van der Waals surface area contributed by atoms with Crippen molar-refractivity contribution in [1.29, 1.82) is 0 Å². The summed E-state index contributed by atoms with van der Waals surface area (Å²) < 4.78 is 18.9. The summed E-state index contributed by atoms with van der Waals surface area (Å²) in [6, 6.07) is 4.61. The second-order valence-electron chi connectivity index (χ2n) is 3.64. The van der Waals surface area contributed by atoms with Crippen LogP contribution in [0.15, 0.2) is 22.7 Å². The van der Waals surface area contributed by atoms with Crippen LogP contribution in [-0.4, -0.2) is 18.5 Å². The number of Topliss-reactive ketones (excluding diaryl/α,β-unsaturated/α-hetero) is 1. The summed E-state index contributed by atoms with van der Waals surface area (Å²) in [5, 5.41) is 0. The van der Waals surface area contributed by atoms with Crippen LogP contribution in [0.2, 0.25) is 0 Å². The number of rotatable bonds is 3. The number of benzene rings is 1. The van der Waals surface area contributed by atoms with Crippen LogP contribution in [-0.2, 0) is 4.74 Å². The molecule has 0 fully saturated rings. The largest absolute Gasteiger partial charge is 0.371 e. The number of hydrogen-bond acceptors (Lipinski definition) is 2. The molecule has 0 saturated carbocycles. The van der Waals surface area contributed by atoms with Gasteiger partial charge in [-0.1, -0.05) is 6.07 Å². The summed E-state index contributed by atoms with van der Waals surface area (Å²) in [4.78, 5) is 11.9. The smallest absolute Gasteiger partial charge is 0.197 e. The maximum atomic E-state index is 13.6. The van der Waals surface area contributed by atoms with Crippen molar-refractivity contribution in [1.82, 2.24) is 0 Å². The van der Waals surface area contributed by atoms with E-state index in [0.29, 0.717) is 0 Å². The fraction of sp³-hybridized carbons (Fsp3) is 0.364. The van der Waals surface area contributed by atoms with Crippen molar-refractivity contribution in [2.24, 2.45) is 0 Å². The van der Waals surface area contributed by atoms with Crippen LogP contribution in [0.1, 0.15) is 24.2 Å². The number of ether oxygens (including phenoxy) is 1. The van der Waals surface area contributed by atoms with Crippen molar-refractivity contribution >= 4 is 21.7 Å². The molecular weight excluding hydrogens is 263 g/mol. The summed E-state index contributed by atoms with van der Waals surface area (Å²) in [5.74, 6) is -0.920. The van der Waals surface area contributed by atoms with Gasteiger partial charge in [-0.3, -0.25) is 4.79 Å². The average molecular weight is 275 g/mol. The molecule has 0 spiro atoms. The van der Waals surface area contributed by atoms with Gasteiger partial charge in [-0.25, -0.2) is 4.39 Å². The van der Waals surface area contributed by atoms with Gasteiger partial charge in [0.2, 0.25) is 0 Å². The number of halogens is 2. The Hall–Kier alpha value is -0.740. The van der Waals surface area contributed by atoms with E-state index in [4.69, 9.17) is 4.74 Å². The predicted molar refractivity (Wildman–Crippen MR) is 59.5 cm³/mol. The minimum Gasteiger partial charge on any atom is -0.371 e. The van der Waals surface area contributed by atoms with Gasteiger partial charge in [0.15, 0.2) is 5.78 Å². The van der Waals surface area contributed by atoms with E-state index in [0.717, 1.165) is 0 Å². The molecule has 0 amide bonds. The number of ketones is 1. The standard InChI is InChI=1S/C11H12BrFO2/c1-11(2,15-3)10(14)7-5-4-6-8(12)9(7)13/h4-6H,1-3H3. The Labute approximate surface area is 96.6 Å². The van der Waals surface area contributed by atoms with Crippen LogP contribution in [0.5, 0.6) is 0 Å². The van der Waals surface area contributed by atoms with Gasteiger partial charge in [-0.15, -0.1) is 0 Å². The van der Waals surface area contributed by atoms with Crippen LogP contribution < -0.4 is 0 Å². The fourth-order valence-electron chi connectivity index (χ4n) is 1.10. The number of methoxy groups -OCH3 is 1. The Morgan fingerprint density at radius 3 is 2.60 bits per heavy atom. The third-order valence-corrected chi connectivity index (χ3v) is 2.87. The van der Waals surface area contributed by atoms with E-state index < -0.39 is 11.4 Å². The molecule has 15 heavy (non-hydrogen) atoms. The van der Waals surface area contributed by atoms with Gasteiger partial charge in [-0.05, 0) is 41.9 Å². The zero-order chi connectivity index (χ0) is 11.6. The predicted octanol–water partition coefficient (Wildman–Crippen LogP) is 3.20. The van der Waals surface area contributed by atoms with Gasteiger partial charge < -0.3 is 4.74 Å². The Kier molecular flexibility index (Phi) is 3.62. The number of hydrogen-bond donors (Lipinski definition) is 0. The molecule has 0 N–H and O–H groups in total. The van der Waals surface area contributed by atoms with Gasteiger partial charge in [0.1, 0.15) is 11.4 Å². The van der Waals surface area contributed by atoms with Crippen LogP contribution in [0.4, 0.5) is 4.39 Å². The summed E-state index contributed by atoms with van der Waals surface area (Å²) >= 11 is 3.03. The Bertz CT molecular complexity index is 388. The van der Waals surface area contributed by atoms with Crippen molar-refractivity contribution in [3.05, 3.63) is 34.1 Å². The molecule has 0 aliphatic rings. The molecule has 0 saturated heterocycles. The lowest BCUT2D eigenvalue weighted by molar-refractivity contribution is 0.0224. The first-order valence-corrected chi connectivity index (χ1v) is 5.23. The zero-order valence-electron chi connectivity index (χ0n) is 8.80. The van der Waals surface area contributed by atoms with Crippen LogP contribution in [0.3, 0.4) is 0 Å². The second-order valence-corrected chi connectivity index (χ2v) is 4.50. The molecule has 2 nitrogen and oxygen atoms in total. The van der Waals surface area contributed by atoms with Crippen LogP contribution in [0.25, 0.3) is 0 Å². The van der Waals surface area contributed by atoms with Gasteiger partial charge in [-0.2, -0.15) is 0 Å². The monoisotopic (exact) mass is 274 g/mol. The molecule has 0 unspecified atom stereocenters. The molecule has 1 rings (SSSR count). The van der Waals surface area contributed by atoms with Crippen LogP contribution >= 0.6 is 15.9 Å². The summed E-state index contributed by atoms with van der Waals surface area (Å²) in [6.45, 7) is 3.21. The first-order valence-electron chi connectivity index (χ1n) is 4.44.